The van der Waals surface area contributed by atoms with Gasteiger partial charge in [0.2, 0.25) is 0 Å². The van der Waals surface area contributed by atoms with Gasteiger partial charge in [-0.25, -0.2) is 0 Å². The number of carbonyl (C=O) groups is 1. The van der Waals surface area contributed by atoms with Crippen molar-refractivity contribution in [3.8, 4) is 0 Å². The van der Waals surface area contributed by atoms with Crippen LogP contribution in [0, 0.1) is 0 Å². The van der Waals surface area contributed by atoms with Crippen molar-refractivity contribution >= 4 is 73.7 Å². The highest BCUT2D eigenvalue weighted by Gasteiger charge is 2.37. The molecule has 6 aromatic carbocycles. The van der Waals surface area contributed by atoms with Gasteiger partial charge in [0.25, 0.3) is 0 Å². The van der Waals surface area contributed by atoms with Crippen molar-refractivity contribution in [3.05, 3.63) is 180 Å². The number of aryl methyl sites for hydroxylation is 2. The van der Waals surface area contributed by atoms with E-state index in [-0.39, 0.29) is 16.7 Å². The summed E-state index contributed by atoms with van der Waals surface area (Å²) in [7, 11) is 1.43. The fourth-order valence-electron chi connectivity index (χ4n) is 6.92. The van der Waals surface area contributed by atoms with Crippen LogP contribution in [0.25, 0.3) is 0 Å². The van der Waals surface area contributed by atoms with E-state index in [4.69, 9.17) is 14.7 Å². The maximum atomic E-state index is 11.7. The lowest BCUT2D eigenvalue weighted by Gasteiger charge is -2.26. The number of carbonyl (C=O) groups excluding carboxylic acids is 1. The van der Waals surface area contributed by atoms with Gasteiger partial charge in [0.1, 0.15) is 20.8 Å². The summed E-state index contributed by atoms with van der Waals surface area (Å²) in [4.78, 5) is 26.5. The van der Waals surface area contributed by atoms with Crippen molar-refractivity contribution in [2.45, 2.75) is 43.4 Å². The minimum absolute atomic E-state index is 0.0512. The van der Waals surface area contributed by atoms with Crippen molar-refractivity contribution in [2.24, 2.45) is 9.98 Å². The predicted octanol–water partition coefficient (Wildman–Crippen LogP) is 12.0. The molecule has 0 radical (unpaired) electrons. The highest BCUT2D eigenvalue weighted by Crippen LogP contribution is 2.44. The SMILES string of the molecule is CCCc1ccc(N(c2ccccc2)c2ccc(C3=NC4SC(c5ccc(N(c6ccccc6)c6ccc(CCC(=O)OC)cc6)cc5)=NC4S3)cc2)cc1. The van der Waals surface area contributed by atoms with E-state index in [0.29, 0.717) is 12.8 Å². The molecule has 8 heteroatoms. The fourth-order valence-corrected chi connectivity index (χ4v) is 9.41. The third-order valence-corrected chi connectivity index (χ3v) is 12.3. The van der Waals surface area contributed by atoms with Crippen LogP contribution in [0.3, 0.4) is 0 Å². The molecular formula is C47H42N4O2S2. The van der Waals surface area contributed by atoms with Crippen molar-refractivity contribution in [3.63, 3.8) is 0 Å². The second-order valence-corrected chi connectivity index (χ2v) is 15.7. The molecule has 0 aromatic heterocycles. The lowest BCUT2D eigenvalue weighted by atomic mass is 10.1. The number of anilines is 6. The first kappa shape index (κ1) is 36.4. The number of ether oxygens (including phenoxy) is 1. The second-order valence-electron chi connectivity index (χ2n) is 13.5. The third kappa shape index (κ3) is 8.26. The lowest BCUT2D eigenvalue weighted by molar-refractivity contribution is -0.140. The Hall–Kier alpha value is -5.57. The summed E-state index contributed by atoms with van der Waals surface area (Å²) in [6.45, 7) is 2.22. The molecule has 0 N–H and O–H groups in total. The number of methoxy groups -OCH3 is 1. The molecule has 274 valence electrons. The molecule has 55 heavy (non-hydrogen) atoms. The van der Waals surface area contributed by atoms with Gasteiger partial charge in [-0.05, 0) is 96.8 Å². The van der Waals surface area contributed by atoms with Gasteiger partial charge >= 0.3 is 5.97 Å². The van der Waals surface area contributed by atoms with Gasteiger partial charge in [0.15, 0.2) is 0 Å². The summed E-state index contributed by atoms with van der Waals surface area (Å²) in [6.07, 6.45) is 3.24. The first-order chi connectivity index (χ1) is 27.1. The van der Waals surface area contributed by atoms with Gasteiger partial charge in [-0.3, -0.25) is 14.8 Å². The zero-order chi connectivity index (χ0) is 37.6. The van der Waals surface area contributed by atoms with Crippen LogP contribution < -0.4 is 9.80 Å². The lowest BCUT2D eigenvalue weighted by Crippen LogP contribution is -2.10. The van der Waals surface area contributed by atoms with Gasteiger partial charge in [-0.2, -0.15) is 0 Å². The van der Waals surface area contributed by atoms with Crippen LogP contribution in [0.2, 0.25) is 0 Å². The van der Waals surface area contributed by atoms with E-state index in [1.54, 1.807) is 23.5 Å². The van der Waals surface area contributed by atoms with E-state index < -0.39 is 0 Å². The van der Waals surface area contributed by atoms with Gasteiger partial charge < -0.3 is 14.5 Å². The Morgan fingerprint density at radius 2 is 0.891 bits per heavy atom. The summed E-state index contributed by atoms with van der Waals surface area (Å²) in [5.41, 5.74) is 11.2. The molecule has 2 aliphatic rings. The van der Waals surface area contributed by atoms with Crippen molar-refractivity contribution in [2.75, 3.05) is 16.9 Å². The Bertz CT molecular complexity index is 2280. The van der Waals surface area contributed by atoms with E-state index in [9.17, 15) is 4.79 Å². The van der Waals surface area contributed by atoms with Crippen LogP contribution in [-0.2, 0) is 22.4 Å². The van der Waals surface area contributed by atoms with Gasteiger partial charge in [-0.1, -0.05) is 122 Å². The molecule has 2 aliphatic heterocycles. The number of hydrogen-bond donors (Lipinski definition) is 0. The quantitative estimate of drug-likeness (QED) is 0.109. The van der Waals surface area contributed by atoms with Crippen LogP contribution in [0.15, 0.2) is 168 Å². The molecule has 0 bridgehead atoms. The zero-order valence-electron chi connectivity index (χ0n) is 30.9. The number of hydrogen-bond acceptors (Lipinski definition) is 8. The number of para-hydroxylation sites is 2. The Labute approximate surface area is 332 Å². The Morgan fingerprint density at radius 1 is 0.527 bits per heavy atom. The molecule has 0 saturated carbocycles. The minimum Gasteiger partial charge on any atom is -0.469 e. The van der Waals surface area contributed by atoms with Gasteiger partial charge in [0.05, 0.1) is 7.11 Å². The summed E-state index contributed by atoms with van der Waals surface area (Å²) in [5.74, 6) is -0.199. The number of fused-ring (bicyclic) bond motifs is 1. The molecule has 0 amide bonds. The molecule has 0 aliphatic carbocycles. The van der Waals surface area contributed by atoms with Crippen LogP contribution >= 0.6 is 23.5 Å². The summed E-state index contributed by atoms with van der Waals surface area (Å²) >= 11 is 3.49. The van der Waals surface area contributed by atoms with E-state index in [0.717, 1.165) is 73.7 Å². The smallest absolute Gasteiger partial charge is 0.305 e. The number of esters is 1. The molecule has 0 spiro atoms. The van der Waals surface area contributed by atoms with Crippen LogP contribution in [0.4, 0.5) is 34.1 Å². The summed E-state index contributed by atoms with van der Waals surface area (Å²) in [6, 6.07) is 55.6. The van der Waals surface area contributed by atoms with Crippen molar-refractivity contribution < 1.29 is 9.53 Å². The molecule has 0 fully saturated rings. The van der Waals surface area contributed by atoms with Gasteiger partial charge in [-0.15, -0.1) is 0 Å². The summed E-state index contributed by atoms with van der Waals surface area (Å²) < 4.78 is 4.82. The van der Waals surface area contributed by atoms with E-state index in [2.05, 4.69) is 168 Å². The molecule has 0 saturated heterocycles. The molecule has 6 nitrogen and oxygen atoms in total. The number of aliphatic imine (C=N–C) groups is 2. The van der Waals surface area contributed by atoms with E-state index in [1.165, 1.54) is 12.7 Å². The average Bonchev–Trinajstić information content (AvgIpc) is 3.83. The molecule has 2 unspecified atom stereocenters. The first-order valence-corrected chi connectivity index (χ1v) is 20.5. The largest absolute Gasteiger partial charge is 0.469 e. The molecule has 6 aromatic rings. The van der Waals surface area contributed by atoms with Gasteiger partial charge in [0, 0.05) is 51.7 Å². The first-order valence-electron chi connectivity index (χ1n) is 18.7. The van der Waals surface area contributed by atoms with Crippen molar-refractivity contribution in [1.82, 2.24) is 0 Å². The number of nitrogens with zero attached hydrogens (tertiary/aromatic N) is 4. The molecule has 2 heterocycles. The van der Waals surface area contributed by atoms with Crippen LogP contribution in [0.5, 0.6) is 0 Å². The molecule has 2 atom stereocenters. The van der Waals surface area contributed by atoms with Crippen LogP contribution in [0.1, 0.15) is 42.0 Å². The molecule has 8 rings (SSSR count). The minimum atomic E-state index is -0.199. The zero-order valence-corrected chi connectivity index (χ0v) is 32.5. The number of rotatable bonds is 13. The Balaban J connectivity index is 0.958. The summed E-state index contributed by atoms with van der Waals surface area (Å²) in [5, 5.41) is 2.17. The standard InChI is InChI=1S/C47H42N4O2S2/c1-3-10-33-15-24-39(25-16-33)50(37-11-6-4-7-12-37)41-28-20-35(21-29-41)44-48-46-47(54-44)49-45(55-46)36-22-30-42(31-23-36)51(38-13-8-5-9-14-38)40-26-17-34(18-27-40)19-32-43(52)53-2/h4-9,11-18,20-31,46-47H,3,10,19,32H2,1-2H3. The normalized spacial score (nSPS) is 15.9. The Kier molecular flexibility index (Phi) is 11.1. The number of benzene rings is 6. The maximum absolute atomic E-state index is 11.7. The maximum Gasteiger partial charge on any atom is 0.305 e. The average molecular weight is 759 g/mol. The van der Waals surface area contributed by atoms with Crippen LogP contribution in [-0.4, -0.2) is 33.9 Å². The predicted molar refractivity (Wildman–Crippen MR) is 232 cm³/mol. The highest BCUT2D eigenvalue weighted by molar-refractivity contribution is 8.20. The fraction of sp³-hybridized carbons (Fsp3) is 0.170. The van der Waals surface area contributed by atoms with Crippen molar-refractivity contribution in [1.29, 1.82) is 0 Å². The second kappa shape index (κ2) is 16.8. The monoisotopic (exact) mass is 758 g/mol. The topological polar surface area (TPSA) is 57.5 Å². The van der Waals surface area contributed by atoms with E-state index in [1.807, 2.05) is 6.07 Å². The third-order valence-electron chi connectivity index (χ3n) is 9.74. The molecular weight excluding hydrogens is 717 g/mol. The Morgan fingerprint density at radius 3 is 1.27 bits per heavy atom. The number of thioether (sulfide) groups is 2. The highest BCUT2D eigenvalue weighted by atomic mass is 32.2. The van der Waals surface area contributed by atoms with E-state index >= 15 is 0 Å².